The molecule has 0 radical (unpaired) electrons. The molecule has 1 aromatic heterocycles. The molecule has 0 aliphatic rings. The molecule has 0 saturated heterocycles. The van der Waals surface area contributed by atoms with Gasteiger partial charge in [0.2, 0.25) is 0 Å². The highest BCUT2D eigenvalue weighted by molar-refractivity contribution is 7.99. The molecule has 8 heteroatoms. The number of aryl methyl sites for hydroxylation is 2. The third-order valence-electron chi connectivity index (χ3n) is 3.03. The normalized spacial score (nSPS) is 13.5. The summed E-state index contributed by atoms with van der Waals surface area (Å²) in [7, 11) is 0.533. The maximum Gasteiger partial charge on any atom is 0.316 e. The number of methoxy groups -OCH3 is 1. The van der Waals surface area contributed by atoms with Crippen molar-refractivity contribution in [3.63, 3.8) is 0 Å². The van der Waals surface area contributed by atoms with Crippen LogP contribution in [0.15, 0.2) is 11.2 Å². The van der Waals surface area contributed by atoms with Crippen LogP contribution in [0.3, 0.4) is 0 Å². The van der Waals surface area contributed by atoms with E-state index in [1.807, 2.05) is 19.9 Å². The van der Waals surface area contributed by atoms with Gasteiger partial charge in [0, 0.05) is 35.1 Å². The Kier molecular flexibility index (Phi) is 10.1. The number of esters is 1. The van der Waals surface area contributed by atoms with Gasteiger partial charge in [-0.15, -0.1) is 0 Å². The standard InChI is InChI=1S/C16H26N2O4S2/c1-5-6-7-24(20)11-14(9-21-4)22-15(19)10-23-16-17-12(2)8-13(3)18-16/h8,14H,5-7,9-11H2,1-4H3. The molecule has 0 aliphatic carbocycles. The first-order valence-corrected chi connectivity index (χ1v) is 10.4. The molecule has 0 spiro atoms. The van der Waals surface area contributed by atoms with Gasteiger partial charge in [-0.3, -0.25) is 9.00 Å². The van der Waals surface area contributed by atoms with E-state index >= 15 is 0 Å². The lowest BCUT2D eigenvalue weighted by Gasteiger charge is -2.16. The number of carbonyl (C=O) groups is 1. The molecule has 0 amide bonds. The van der Waals surface area contributed by atoms with Gasteiger partial charge in [0.15, 0.2) is 5.16 Å². The molecule has 1 heterocycles. The molecule has 0 fully saturated rings. The number of thioether (sulfide) groups is 1. The van der Waals surface area contributed by atoms with Crippen molar-refractivity contribution in [3.05, 3.63) is 17.5 Å². The molecule has 24 heavy (non-hydrogen) atoms. The average Bonchev–Trinajstić information content (AvgIpc) is 2.50. The maximum atomic E-state index is 12.0. The quantitative estimate of drug-likeness (QED) is 0.334. The number of unbranched alkanes of at least 4 members (excludes halogenated alkanes) is 1. The molecule has 2 atom stereocenters. The summed E-state index contributed by atoms with van der Waals surface area (Å²) in [6.45, 7) is 6.07. The summed E-state index contributed by atoms with van der Waals surface area (Å²) < 4.78 is 22.4. The lowest BCUT2D eigenvalue weighted by molar-refractivity contribution is -0.146. The predicted molar refractivity (Wildman–Crippen MR) is 96.8 cm³/mol. The summed E-state index contributed by atoms with van der Waals surface area (Å²) in [5.74, 6) is 0.673. The molecular weight excluding hydrogens is 348 g/mol. The number of carbonyl (C=O) groups excluding carboxylic acids is 1. The van der Waals surface area contributed by atoms with Gasteiger partial charge in [0.25, 0.3) is 0 Å². The number of hydrogen-bond donors (Lipinski definition) is 0. The van der Waals surface area contributed by atoms with E-state index in [1.165, 1.54) is 18.9 Å². The number of aromatic nitrogens is 2. The van der Waals surface area contributed by atoms with E-state index in [1.54, 1.807) is 0 Å². The van der Waals surface area contributed by atoms with Gasteiger partial charge in [-0.05, 0) is 26.3 Å². The summed E-state index contributed by atoms with van der Waals surface area (Å²) in [6.07, 6.45) is 1.41. The van der Waals surface area contributed by atoms with Gasteiger partial charge >= 0.3 is 5.97 Å². The Morgan fingerprint density at radius 2 is 2.00 bits per heavy atom. The molecule has 0 saturated carbocycles. The molecule has 1 aromatic rings. The summed E-state index contributed by atoms with van der Waals surface area (Å²) in [6, 6.07) is 1.88. The van der Waals surface area contributed by atoms with Gasteiger partial charge < -0.3 is 9.47 Å². The van der Waals surface area contributed by atoms with Crippen LogP contribution in [-0.4, -0.2) is 57.2 Å². The molecule has 0 bridgehead atoms. The fraction of sp³-hybridized carbons (Fsp3) is 0.688. The molecule has 0 aromatic carbocycles. The highest BCUT2D eigenvalue weighted by Crippen LogP contribution is 2.14. The van der Waals surface area contributed by atoms with E-state index in [2.05, 4.69) is 16.9 Å². The summed E-state index contributed by atoms with van der Waals surface area (Å²) in [4.78, 5) is 20.6. The zero-order valence-electron chi connectivity index (χ0n) is 14.7. The van der Waals surface area contributed by atoms with Gasteiger partial charge in [0.05, 0.1) is 18.1 Å². The smallest absolute Gasteiger partial charge is 0.316 e. The number of ether oxygens (including phenoxy) is 2. The molecule has 0 aliphatic heterocycles. The first kappa shape index (κ1) is 21.1. The van der Waals surface area contributed by atoms with Crippen LogP contribution in [0.1, 0.15) is 31.2 Å². The largest absolute Gasteiger partial charge is 0.458 e. The topological polar surface area (TPSA) is 78.4 Å². The minimum atomic E-state index is -1.00. The van der Waals surface area contributed by atoms with Gasteiger partial charge in [-0.2, -0.15) is 0 Å². The van der Waals surface area contributed by atoms with E-state index in [0.717, 1.165) is 24.2 Å². The van der Waals surface area contributed by atoms with Crippen LogP contribution in [0.4, 0.5) is 0 Å². The third kappa shape index (κ3) is 8.75. The predicted octanol–water partition coefficient (Wildman–Crippen LogP) is 2.29. The van der Waals surface area contributed by atoms with Crippen LogP contribution in [-0.2, 0) is 25.1 Å². The van der Waals surface area contributed by atoms with Gasteiger partial charge in [-0.1, -0.05) is 25.1 Å². The highest BCUT2D eigenvalue weighted by atomic mass is 32.2. The van der Waals surface area contributed by atoms with Crippen molar-refractivity contribution >= 4 is 28.5 Å². The van der Waals surface area contributed by atoms with Crippen LogP contribution >= 0.6 is 11.8 Å². The molecule has 2 unspecified atom stereocenters. The van der Waals surface area contributed by atoms with Crippen molar-refractivity contribution in [1.29, 1.82) is 0 Å². The zero-order valence-corrected chi connectivity index (χ0v) is 16.4. The van der Waals surface area contributed by atoms with E-state index < -0.39 is 16.9 Å². The van der Waals surface area contributed by atoms with Crippen molar-refractivity contribution in [2.75, 3.05) is 31.0 Å². The van der Waals surface area contributed by atoms with Crippen molar-refractivity contribution in [2.24, 2.45) is 0 Å². The van der Waals surface area contributed by atoms with Crippen molar-refractivity contribution in [2.45, 2.75) is 44.9 Å². The fourth-order valence-electron chi connectivity index (χ4n) is 2.00. The van der Waals surface area contributed by atoms with Crippen molar-refractivity contribution in [1.82, 2.24) is 9.97 Å². The second-order valence-electron chi connectivity index (χ2n) is 5.45. The van der Waals surface area contributed by atoms with Crippen LogP contribution in [0, 0.1) is 13.8 Å². The van der Waals surface area contributed by atoms with E-state index in [0.29, 0.717) is 16.7 Å². The second kappa shape index (κ2) is 11.5. The van der Waals surface area contributed by atoms with E-state index in [4.69, 9.17) is 9.47 Å². The summed E-state index contributed by atoms with van der Waals surface area (Å²) in [5, 5.41) is 0.555. The Labute approximate surface area is 150 Å². The second-order valence-corrected chi connectivity index (χ2v) is 8.02. The van der Waals surface area contributed by atoms with Crippen LogP contribution in [0.5, 0.6) is 0 Å². The number of rotatable bonds is 11. The first-order chi connectivity index (χ1) is 11.4. The van der Waals surface area contributed by atoms with Crippen molar-refractivity contribution in [3.8, 4) is 0 Å². The molecule has 6 nitrogen and oxygen atoms in total. The van der Waals surface area contributed by atoms with E-state index in [9.17, 15) is 9.00 Å². The lowest BCUT2D eigenvalue weighted by Crippen LogP contribution is -2.30. The molecular formula is C16H26N2O4S2. The number of nitrogens with zero attached hydrogens (tertiary/aromatic N) is 2. The number of hydrogen-bond acceptors (Lipinski definition) is 7. The Morgan fingerprint density at radius 1 is 1.33 bits per heavy atom. The Bertz CT molecular complexity index is 535. The zero-order chi connectivity index (χ0) is 17.9. The van der Waals surface area contributed by atoms with Crippen LogP contribution in [0.2, 0.25) is 0 Å². The highest BCUT2D eigenvalue weighted by Gasteiger charge is 2.18. The summed E-state index contributed by atoms with van der Waals surface area (Å²) in [5.41, 5.74) is 1.73. The fourth-order valence-corrected chi connectivity index (χ4v) is 4.09. The molecule has 136 valence electrons. The Hall–Kier alpha value is -0.990. The Morgan fingerprint density at radius 3 is 2.58 bits per heavy atom. The SMILES string of the molecule is CCCCS(=O)CC(COC)OC(=O)CSc1nc(C)cc(C)n1. The minimum absolute atomic E-state index is 0.116. The lowest BCUT2D eigenvalue weighted by atomic mass is 10.4. The van der Waals surface area contributed by atoms with Gasteiger partial charge in [-0.25, -0.2) is 9.97 Å². The first-order valence-electron chi connectivity index (χ1n) is 7.93. The third-order valence-corrected chi connectivity index (χ3v) is 5.34. The van der Waals surface area contributed by atoms with E-state index in [-0.39, 0.29) is 18.3 Å². The van der Waals surface area contributed by atoms with Gasteiger partial charge in [0.1, 0.15) is 6.10 Å². The minimum Gasteiger partial charge on any atom is -0.458 e. The summed E-state index contributed by atoms with van der Waals surface area (Å²) >= 11 is 1.24. The van der Waals surface area contributed by atoms with Crippen molar-refractivity contribution < 1.29 is 18.5 Å². The molecule has 0 N–H and O–H groups in total. The molecule has 1 rings (SSSR count). The Balaban J connectivity index is 2.48. The maximum absolute atomic E-state index is 12.0. The average molecular weight is 375 g/mol. The van der Waals surface area contributed by atoms with Crippen LogP contribution in [0.25, 0.3) is 0 Å². The monoisotopic (exact) mass is 374 g/mol. The van der Waals surface area contributed by atoms with Crippen LogP contribution < -0.4 is 0 Å².